The fourth-order valence-corrected chi connectivity index (χ4v) is 1.76. The lowest BCUT2D eigenvalue weighted by atomic mass is 10.1. The van der Waals surface area contributed by atoms with E-state index in [0.29, 0.717) is 6.04 Å². The Morgan fingerprint density at radius 2 is 2.00 bits per heavy atom. The zero-order valence-electron chi connectivity index (χ0n) is 12.2. The van der Waals surface area contributed by atoms with Crippen LogP contribution in [-0.2, 0) is 4.74 Å². The fourth-order valence-electron chi connectivity index (χ4n) is 1.76. The summed E-state index contributed by atoms with van der Waals surface area (Å²) in [7, 11) is 2.11. The molecule has 1 unspecified atom stereocenters. The third-order valence-corrected chi connectivity index (χ3v) is 3.03. The van der Waals surface area contributed by atoms with Crippen LogP contribution in [0.15, 0.2) is 24.3 Å². The summed E-state index contributed by atoms with van der Waals surface area (Å²) in [5.74, 6) is 0. The van der Waals surface area contributed by atoms with Crippen LogP contribution in [0.1, 0.15) is 39.3 Å². The number of benzene rings is 1. The van der Waals surface area contributed by atoms with E-state index in [-0.39, 0.29) is 5.60 Å². The number of nitrogens with zero attached hydrogens (tertiary/aromatic N) is 1. The lowest BCUT2D eigenvalue weighted by Crippen LogP contribution is -2.30. The normalized spacial score (nSPS) is 13.9. The van der Waals surface area contributed by atoms with Gasteiger partial charge in [-0.25, -0.2) is 0 Å². The van der Waals surface area contributed by atoms with Gasteiger partial charge < -0.3 is 10.5 Å². The predicted molar refractivity (Wildman–Crippen MR) is 77.6 cm³/mol. The lowest BCUT2D eigenvalue weighted by Gasteiger charge is -2.27. The molecule has 0 spiro atoms. The Morgan fingerprint density at radius 3 is 2.56 bits per heavy atom. The van der Waals surface area contributed by atoms with E-state index in [2.05, 4.69) is 45.7 Å². The highest BCUT2D eigenvalue weighted by Crippen LogP contribution is 2.20. The van der Waals surface area contributed by atoms with E-state index in [9.17, 15) is 0 Å². The molecular weight excluding hydrogens is 224 g/mol. The van der Waals surface area contributed by atoms with Crippen molar-refractivity contribution in [2.75, 3.05) is 25.9 Å². The molecule has 1 aromatic carbocycles. The SMILES string of the molecule is CC(c1cccc(N)c1)N(C)CCOC(C)(C)C. The van der Waals surface area contributed by atoms with Gasteiger partial charge in [-0.05, 0) is 52.4 Å². The highest BCUT2D eigenvalue weighted by atomic mass is 16.5. The molecule has 0 saturated heterocycles. The van der Waals surface area contributed by atoms with Crippen LogP contribution in [0.25, 0.3) is 0 Å². The monoisotopic (exact) mass is 250 g/mol. The van der Waals surface area contributed by atoms with Crippen molar-refractivity contribution in [2.24, 2.45) is 0 Å². The van der Waals surface area contributed by atoms with Crippen LogP contribution in [0, 0.1) is 0 Å². The van der Waals surface area contributed by atoms with Gasteiger partial charge in [-0.15, -0.1) is 0 Å². The topological polar surface area (TPSA) is 38.5 Å². The number of nitrogens with two attached hydrogens (primary N) is 1. The molecule has 0 aromatic heterocycles. The maximum Gasteiger partial charge on any atom is 0.0600 e. The Labute approximate surface area is 111 Å². The van der Waals surface area contributed by atoms with E-state index >= 15 is 0 Å². The summed E-state index contributed by atoms with van der Waals surface area (Å²) in [4.78, 5) is 2.28. The second-order valence-corrected chi connectivity index (χ2v) is 5.79. The number of nitrogen functional groups attached to an aromatic ring is 1. The van der Waals surface area contributed by atoms with Gasteiger partial charge in [0, 0.05) is 18.3 Å². The molecule has 0 aliphatic heterocycles. The summed E-state index contributed by atoms with van der Waals surface area (Å²) >= 11 is 0. The number of hydrogen-bond acceptors (Lipinski definition) is 3. The van der Waals surface area contributed by atoms with Crippen molar-refractivity contribution in [3.8, 4) is 0 Å². The van der Waals surface area contributed by atoms with Crippen LogP contribution < -0.4 is 5.73 Å². The summed E-state index contributed by atoms with van der Waals surface area (Å²) in [6, 6.07) is 8.41. The third kappa shape index (κ3) is 5.07. The summed E-state index contributed by atoms with van der Waals surface area (Å²) in [6.07, 6.45) is 0. The molecule has 1 aromatic rings. The summed E-state index contributed by atoms with van der Waals surface area (Å²) in [6.45, 7) is 10.1. The Kier molecular flexibility index (Phi) is 5.17. The number of ether oxygens (including phenoxy) is 1. The zero-order chi connectivity index (χ0) is 13.8. The molecule has 0 aliphatic carbocycles. The van der Waals surface area contributed by atoms with Crippen LogP contribution in [0.2, 0.25) is 0 Å². The maximum atomic E-state index is 5.81. The summed E-state index contributed by atoms with van der Waals surface area (Å²) in [5.41, 5.74) is 7.80. The number of rotatable bonds is 5. The third-order valence-electron chi connectivity index (χ3n) is 3.03. The predicted octanol–water partition coefficient (Wildman–Crippen LogP) is 3.08. The van der Waals surface area contributed by atoms with Crippen molar-refractivity contribution in [1.29, 1.82) is 0 Å². The van der Waals surface area contributed by atoms with Gasteiger partial charge in [0.15, 0.2) is 0 Å². The average Bonchev–Trinajstić information content (AvgIpc) is 2.26. The van der Waals surface area contributed by atoms with Crippen molar-refractivity contribution in [3.05, 3.63) is 29.8 Å². The molecule has 102 valence electrons. The van der Waals surface area contributed by atoms with Gasteiger partial charge in [-0.1, -0.05) is 12.1 Å². The standard InChI is InChI=1S/C15H26N2O/c1-12(13-7-6-8-14(16)11-13)17(5)9-10-18-15(2,3)4/h6-8,11-12H,9-10,16H2,1-5H3. The summed E-state index contributed by atoms with van der Waals surface area (Å²) in [5, 5.41) is 0. The Morgan fingerprint density at radius 1 is 1.33 bits per heavy atom. The molecule has 2 N–H and O–H groups in total. The first-order valence-corrected chi connectivity index (χ1v) is 6.49. The Hall–Kier alpha value is -1.06. The molecular formula is C15H26N2O. The molecule has 0 heterocycles. The molecule has 3 nitrogen and oxygen atoms in total. The van der Waals surface area contributed by atoms with Crippen LogP contribution >= 0.6 is 0 Å². The maximum absolute atomic E-state index is 5.81. The van der Waals surface area contributed by atoms with Gasteiger partial charge >= 0.3 is 0 Å². The molecule has 0 saturated carbocycles. The van der Waals surface area contributed by atoms with Crippen molar-refractivity contribution >= 4 is 5.69 Å². The number of anilines is 1. The van der Waals surface area contributed by atoms with E-state index < -0.39 is 0 Å². The first-order valence-electron chi connectivity index (χ1n) is 6.49. The quantitative estimate of drug-likeness (QED) is 0.816. The van der Waals surface area contributed by atoms with E-state index in [1.807, 2.05) is 18.2 Å². The van der Waals surface area contributed by atoms with Gasteiger partial charge in [0.05, 0.1) is 12.2 Å². The number of likely N-dealkylation sites (N-methyl/N-ethyl adjacent to an activating group) is 1. The van der Waals surface area contributed by atoms with Crippen molar-refractivity contribution < 1.29 is 4.74 Å². The minimum absolute atomic E-state index is 0.0682. The molecule has 18 heavy (non-hydrogen) atoms. The molecule has 0 aliphatic rings. The highest BCUT2D eigenvalue weighted by molar-refractivity contribution is 5.41. The van der Waals surface area contributed by atoms with Crippen LogP contribution in [0.4, 0.5) is 5.69 Å². The van der Waals surface area contributed by atoms with E-state index in [4.69, 9.17) is 10.5 Å². The number of hydrogen-bond donors (Lipinski definition) is 1. The van der Waals surface area contributed by atoms with Gasteiger partial charge in [0.2, 0.25) is 0 Å². The van der Waals surface area contributed by atoms with Gasteiger partial charge in [-0.3, -0.25) is 4.90 Å². The van der Waals surface area contributed by atoms with Crippen LogP contribution in [0.3, 0.4) is 0 Å². The van der Waals surface area contributed by atoms with E-state index in [1.54, 1.807) is 0 Å². The second kappa shape index (κ2) is 6.21. The smallest absolute Gasteiger partial charge is 0.0600 e. The minimum Gasteiger partial charge on any atom is -0.399 e. The van der Waals surface area contributed by atoms with Crippen LogP contribution in [-0.4, -0.2) is 30.7 Å². The molecule has 1 rings (SSSR count). The van der Waals surface area contributed by atoms with E-state index in [0.717, 1.165) is 18.8 Å². The fraction of sp³-hybridized carbons (Fsp3) is 0.600. The largest absolute Gasteiger partial charge is 0.399 e. The second-order valence-electron chi connectivity index (χ2n) is 5.79. The van der Waals surface area contributed by atoms with Crippen LogP contribution in [0.5, 0.6) is 0 Å². The molecule has 0 bridgehead atoms. The van der Waals surface area contributed by atoms with Gasteiger partial charge in [0.1, 0.15) is 0 Å². The van der Waals surface area contributed by atoms with Crippen molar-refractivity contribution in [3.63, 3.8) is 0 Å². The van der Waals surface area contributed by atoms with Crippen molar-refractivity contribution in [1.82, 2.24) is 4.90 Å². The average molecular weight is 250 g/mol. The first-order chi connectivity index (χ1) is 8.29. The van der Waals surface area contributed by atoms with Gasteiger partial charge in [0.25, 0.3) is 0 Å². The van der Waals surface area contributed by atoms with Crippen molar-refractivity contribution in [2.45, 2.75) is 39.3 Å². The molecule has 3 heteroatoms. The molecule has 1 atom stereocenters. The first kappa shape index (κ1) is 15.0. The Balaban J connectivity index is 2.49. The lowest BCUT2D eigenvalue weighted by molar-refractivity contribution is -0.0139. The molecule has 0 fully saturated rings. The molecule has 0 amide bonds. The molecule has 0 radical (unpaired) electrons. The zero-order valence-corrected chi connectivity index (χ0v) is 12.2. The van der Waals surface area contributed by atoms with E-state index in [1.165, 1.54) is 5.56 Å². The summed E-state index contributed by atoms with van der Waals surface area (Å²) < 4.78 is 5.74. The minimum atomic E-state index is -0.0682. The Bertz CT molecular complexity index is 371. The highest BCUT2D eigenvalue weighted by Gasteiger charge is 2.14. The van der Waals surface area contributed by atoms with Gasteiger partial charge in [-0.2, -0.15) is 0 Å².